The molecule has 0 aliphatic carbocycles. The van der Waals surface area contributed by atoms with Crippen molar-refractivity contribution in [2.45, 2.75) is 53.3 Å². The number of hydrogen-bond acceptors (Lipinski definition) is 4. The molecule has 0 amide bonds. The van der Waals surface area contributed by atoms with E-state index in [1.54, 1.807) is 0 Å². The Balaban J connectivity index is 4.74. The molecular weight excluding hydrogens is 252 g/mol. The zero-order valence-electron chi connectivity index (χ0n) is 12.2. The maximum Gasteiger partial charge on any atom is 0.669 e. The average Bonchev–Trinajstić information content (AvgIpc) is 2.17. The van der Waals surface area contributed by atoms with Crippen LogP contribution in [0.4, 0.5) is 0 Å². The molecule has 0 atom stereocenters. The van der Waals surface area contributed by atoms with E-state index >= 15 is 0 Å². The van der Waals surface area contributed by atoms with Crippen molar-refractivity contribution < 1.29 is 17.4 Å². The van der Waals surface area contributed by atoms with Crippen molar-refractivity contribution in [1.29, 1.82) is 0 Å². The molecule has 0 aliphatic rings. The van der Waals surface area contributed by atoms with Gasteiger partial charge in [0, 0.05) is 19.8 Å². The predicted octanol–water partition coefficient (Wildman–Crippen LogP) is 3.16. The molecule has 104 valence electrons. The van der Waals surface area contributed by atoms with Gasteiger partial charge in [0.05, 0.1) is 0 Å². The molecule has 0 saturated carbocycles. The lowest BCUT2D eigenvalue weighted by molar-refractivity contribution is 0.00692. The van der Waals surface area contributed by atoms with E-state index in [-0.39, 0.29) is 0 Å². The highest BCUT2D eigenvalue weighted by Gasteiger charge is 2.49. The molecule has 0 aromatic heterocycles. The van der Waals surface area contributed by atoms with Crippen LogP contribution in [0.5, 0.6) is 0 Å². The van der Waals surface area contributed by atoms with Crippen LogP contribution in [0.25, 0.3) is 0 Å². The summed E-state index contributed by atoms with van der Waals surface area (Å²) in [5, 5.41) is 0. The largest absolute Gasteiger partial charge is 0.669 e. The lowest BCUT2D eigenvalue weighted by Crippen LogP contribution is -2.55. The second kappa shape index (κ2) is 8.39. The van der Waals surface area contributed by atoms with Crippen LogP contribution >= 0.6 is 0 Å². The lowest BCUT2D eigenvalue weighted by Gasteiger charge is -2.34. The predicted molar refractivity (Wildman–Crippen MR) is 74.3 cm³/mol. The van der Waals surface area contributed by atoms with Gasteiger partial charge in [-0.1, -0.05) is 13.3 Å². The van der Waals surface area contributed by atoms with Crippen molar-refractivity contribution in [3.05, 3.63) is 0 Å². The van der Waals surface area contributed by atoms with Crippen molar-refractivity contribution in [3.8, 4) is 0 Å². The quantitative estimate of drug-likeness (QED) is 0.576. The van der Waals surface area contributed by atoms with Gasteiger partial charge in [0.15, 0.2) is 8.32 Å². The summed E-state index contributed by atoms with van der Waals surface area (Å²) in [6.45, 7) is 14.1. The van der Waals surface area contributed by atoms with E-state index in [4.69, 9.17) is 17.4 Å². The Kier molecular flexibility index (Phi) is 8.52. The Labute approximate surface area is 108 Å². The number of rotatable bonds is 10. The van der Waals surface area contributed by atoms with Gasteiger partial charge in [0.2, 0.25) is 0 Å². The summed E-state index contributed by atoms with van der Waals surface area (Å²) in [5.74, 6) is 0. The fourth-order valence-corrected chi connectivity index (χ4v) is 8.07. The van der Waals surface area contributed by atoms with Gasteiger partial charge in [-0.05, 0) is 39.9 Å². The maximum absolute atomic E-state index is 6.20. The molecule has 0 saturated heterocycles. The maximum atomic E-state index is 6.20. The van der Waals surface area contributed by atoms with Crippen LogP contribution in [0.3, 0.4) is 0 Å². The topological polar surface area (TPSA) is 36.9 Å². The van der Waals surface area contributed by atoms with Crippen LogP contribution in [-0.4, -0.2) is 37.2 Å². The Morgan fingerprint density at radius 3 is 1.47 bits per heavy atom. The SMILES string of the molecule is CCC[Si](C)(C)O[Si](OCC)(OCC)OCC. The highest BCUT2D eigenvalue weighted by atomic mass is 28.5. The van der Waals surface area contributed by atoms with E-state index in [9.17, 15) is 0 Å². The van der Waals surface area contributed by atoms with Gasteiger partial charge in [0.25, 0.3) is 0 Å². The Morgan fingerprint density at radius 2 is 1.18 bits per heavy atom. The first-order valence-corrected chi connectivity index (χ1v) is 11.3. The molecular formula is C11H28O4Si2. The summed E-state index contributed by atoms with van der Waals surface area (Å²) in [6, 6.07) is 1.09. The molecule has 0 aliphatic heterocycles. The summed E-state index contributed by atoms with van der Waals surface area (Å²) in [7, 11) is -4.67. The van der Waals surface area contributed by atoms with Crippen LogP contribution < -0.4 is 0 Å². The molecule has 4 nitrogen and oxygen atoms in total. The standard InChI is InChI=1S/C11H28O4Si2/c1-7-11-16(5,6)15-17(12-8-2,13-9-3)14-10-4/h7-11H2,1-6H3. The highest BCUT2D eigenvalue weighted by Crippen LogP contribution is 2.22. The molecule has 0 N–H and O–H groups in total. The first-order chi connectivity index (χ1) is 7.95. The first kappa shape index (κ1) is 17.3. The molecule has 0 heterocycles. The van der Waals surface area contributed by atoms with E-state index in [0.717, 1.165) is 12.5 Å². The second-order valence-electron chi connectivity index (χ2n) is 4.41. The monoisotopic (exact) mass is 280 g/mol. The molecule has 0 fully saturated rings. The van der Waals surface area contributed by atoms with Crippen LogP contribution in [0, 0.1) is 0 Å². The van der Waals surface area contributed by atoms with Gasteiger partial charge in [0.1, 0.15) is 0 Å². The third kappa shape index (κ3) is 6.68. The fourth-order valence-electron chi connectivity index (χ4n) is 1.74. The van der Waals surface area contributed by atoms with Crippen LogP contribution in [-0.2, 0) is 17.4 Å². The summed E-state index contributed by atoms with van der Waals surface area (Å²) >= 11 is 0. The molecule has 0 aromatic rings. The third-order valence-electron chi connectivity index (χ3n) is 2.22. The van der Waals surface area contributed by atoms with Crippen LogP contribution in [0.1, 0.15) is 34.1 Å². The lowest BCUT2D eigenvalue weighted by atomic mass is 10.6. The summed E-state index contributed by atoms with van der Waals surface area (Å²) in [5.41, 5.74) is 0. The molecule has 0 radical (unpaired) electrons. The molecule has 0 spiro atoms. The fraction of sp³-hybridized carbons (Fsp3) is 1.00. The first-order valence-electron chi connectivity index (χ1n) is 6.57. The minimum Gasteiger partial charge on any atom is -0.394 e. The van der Waals surface area contributed by atoms with E-state index in [1.807, 2.05) is 20.8 Å². The summed E-state index contributed by atoms with van der Waals surface area (Å²) in [6.07, 6.45) is 1.12. The summed E-state index contributed by atoms with van der Waals surface area (Å²) < 4.78 is 23.3. The molecule has 0 aromatic carbocycles. The van der Waals surface area contributed by atoms with Gasteiger partial charge in [-0.3, -0.25) is 0 Å². The van der Waals surface area contributed by atoms with Crippen molar-refractivity contribution in [1.82, 2.24) is 0 Å². The molecule has 0 rings (SSSR count). The van der Waals surface area contributed by atoms with E-state index in [2.05, 4.69) is 20.0 Å². The van der Waals surface area contributed by atoms with Gasteiger partial charge in [-0.25, -0.2) is 0 Å². The molecule has 17 heavy (non-hydrogen) atoms. The molecule has 0 unspecified atom stereocenters. The third-order valence-corrected chi connectivity index (χ3v) is 9.06. The average molecular weight is 281 g/mol. The van der Waals surface area contributed by atoms with E-state index in [1.165, 1.54) is 0 Å². The molecule has 0 bridgehead atoms. The van der Waals surface area contributed by atoms with Crippen molar-refractivity contribution >= 4 is 17.4 Å². The second-order valence-corrected chi connectivity index (χ2v) is 11.1. The summed E-state index contributed by atoms with van der Waals surface area (Å²) in [4.78, 5) is 0. The van der Waals surface area contributed by atoms with Gasteiger partial charge in [-0.15, -0.1) is 0 Å². The zero-order chi connectivity index (χ0) is 13.4. The van der Waals surface area contributed by atoms with E-state index < -0.39 is 17.4 Å². The Morgan fingerprint density at radius 1 is 0.765 bits per heavy atom. The number of hydrogen-bond donors (Lipinski definition) is 0. The molecule has 6 heteroatoms. The Hall–Kier alpha value is 0.274. The normalized spacial score (nSPS) is 13.1. The zero-order valence-corrected chi connectivity index (χ0v) is 14.2. The van der Waals surface area contributed by atoms with Gasteiger partial charge >= 0.3 is 9.05 Å². The van der Waals surface area contributed by atoms with Crippen molar-refractivity contribution in [3.63, 3.8) is 0 Å². The van der Waals surface area contributed by atoms with Crippen molar-refractivity contribution in [2.75, 3.05) is 19.8 Å². The van der Waals surface area contributed by atoms with Gasteiger partial charge < -0.3 is 17.4 Å². The van der Waals surface area contributed by atoms with Gasteiger partial charge in [-0.2, -0.15) is 0 Å². The van der Waals surface area contributed by atoms with E-state index in [0.29, 0.717) is 19.8 Å². The minimum absolute atomic E-state index is 0.558. The van der Waals surface area contributed by atoms with Crippen LogP contribution in [0.15, 0.2) is 0 Å². The van der Waals surface area contributed by atoms with Crippen LogP contribution in [0.2, 0.25) is 19.1 Å². The minimum atomic E-state index is -2.91. The smallest absolute Gasteiger partial charge is 0.394 e. The highest BCUT2D eigenvalue weighted by molar-refractivity contribution is 6.78. The Bertz CT molecular complexity index is 183. The van der Waals surface area contributed by atoms with Crippen molar-refractivity contribution in [2.24, 2.45) is 0 Å².